The van der Waals surface area contributed by atoms with Gasteiger partial charge < -0.3 is 0 Å². The highest BCUT2D eigenvalue weighted by Crippen LogP contribution is 2.03. The lowest BCUT2D eigenvalue weighted by Gasteiger charge is -2.19. The molecule has 0 spiro atoms. The molecule has 1 aromatic heterocycles. The Hall–Kier alpha value is -1.05. The second-order valence-corrected chi connectivity index (χ2v) is 3.72. The van der Waals surface area contributed by atoms with Gasteiger partial charge in [-0.2, -0.15) is 17.9 Å². The molecule has 0 aliphatic rings. The molecule has 0 saturated heterocycles. The van der Waals surface area contributed by atoms with Crippen molar-refractivity contribution in [1.29, 1.82) is 5.26 Å². The van der Waals surface area contributed by atoms with Gasteiger partial charge in [0.2, 0.25) is 0 Å². The Morgan fingerprint density at radius 2 is 2.33 bits per heavy atom. The van der Waals surface area contributed by atoms with Gasteiger partial charge in [0.15, 0.2) is 0 Å². The van der Waals surface area contributed by atoms with E-state index in [4.69, 9.17) is 5.26 Å². The molecule has 0 fully saturated rings. The standard InChI is InChI=1S/C11H15N3S/c12-4-2-6-14(7-8-15)10-11-3-1-5-13-9-11/h1,3,5,9,15H,2,6-8,10H2. The van der Waals surface area contributed by atoms with E-state index in [1.807, 2.05) is 18.3 Å². The highest BCUT2D eigenvalue weighted by molar-refractivity contribution is 7.80. The average Bonchev–Trinajstić information content (AvgIpc) is 2.28. The maximum atomic E-state index is 8.54. The van der Waals surface area contributed by atoms with Crippen molar-refractivity contribution >= 4 is 12.6 Å². The summed E-state index contributed by atoms with van der Waals surface area (Å²) in [5.74, 6) is 0.811. The van der Waals surface area contributed by atoms with Crippen LogP contribution in [0, 0.1) is 11.3 Å². The molecule has 15 heavy (non-hydrogen) atoms. The van der Waals surface area contributed by atoms with Gasteiger partial charge in [-0.15, -0.1) is 0 Å². The lowest BCUT2D eigenvalue weighted by atomic mass is 10.2. The smallest absolute Gasteiger partial charge is 0.0635 e. The van der Waals surface area contributed by atoms with Gasteiger partial charge in [-0.1, -0.05) is 6.07 Å². The van der Waals surface area contributed by atoms with E-state index in [1.54, 1.807) is 6.20 Å². The van der Waals surface area contributed by atoms with Crippen LogP contribution in [-0.4, -0.2) is 28.7 Å². The third kappa shape index (κ3) is 4.82. The second kappa shape index (κ2) is 7.27. The summed E-state index contributed by atoms with van der Waals surface area (Å²) >= 11 is 4.21. The zero-order valence-electron chi connectivity index (χ0n) is 8.63. The number of nitriles is 1. The predicted molar refractivity (Wildman–Crippen MR) is 63.6 cm³/mol. The van der Waals surface area contributed by atoms with Crippen LogP contribution in [-0.2, 0) is 6.54 Å². The Morgan fingerprint density at radius 3 is 2.93 bits per heavy atom. The van der Waals surface area contributed by atoms with Crippen LogP contribution in [0.1, 0.15) is 12.0 Å². The Kier molecular flexibility index (Phi) is 5.83. The molecule has 0 saturated carbocycles. The normalized spacial score (nSPS) is 10.2. The van der Waals surface area contributed by atoms with Crippen LogP contribution in [0.15, 0.2) is 24.5 Å². The SMILES string of the molecule is N#CCCN(CCS)Cc1cccnc1. The predicted octanol–water partition coefficient (Wildman–Crippen LogP) is 1.73. The minimum Gasteiger partial charge on any atom is -0.297 e. The van der Waals surface area contributed by atoms with Crippen molar-refractivity contribution < 1.29 is 0 Å². The molecular formula is C11H15N3S. The Bertz CT molecular complexity index is 307. The molecular weight excluding hydrogens is 206 g/mol. The van der Waals surface area contributed by atoms with Crippen molar-refractivity contribution in [2.45, 2.75) is 13.0 Å². The topological polar surface area (TPSA) is 39.9 Å². The molecule has 80 valence electrons. The molecule has 0 atom stereocenters. The first-order valence-corrected chi connectivity index (χ1v) is 5.59. The molecule has 0 unspecified atom stereocenters. The number of hydrogen-bond donors (Lipinski definition) is 1. The van der Waals surface area contributed by atoms with Crippen molar-refractivity contribution in [2.75, 3.05) is 18.8 Å². The second-order valence-electron chi connectivity index (χ2n) is 3.27. The molecule has 0 aromatic carbocycles. The first-order valence-electron chi connectivity index (χ1n) is 4.96. The fourth-order valence-electron chi connectivity index (χ4n) is 1.37. The fraction of sp³-hybridized carbons (Fsp3) is 0.455. The van der Waals surface area contributed by atoms with Crippen molar-refractivity contribution in [3.8, 4) is 6.07 Å². The van der Waals surface area contributed by atoms with Crippen molar-refractivity contribution in [3.05, 3.63) is 30.1 Å². The van der Waals surface area contributed by atoms with E-state index in [-0.39, 0.29) is 0 Å². The number of aromatic nitrogens is 1. The molecule has 0 aliphatic heterocycles. The largest absolute Gasteiger partial charge is 0.297 e. The maximum absolute atomic E-state index is 8.54. The van der Waals surface area contributed by atoms with E-state index in [9.17, 15) is 0 Å². The Morgan fingerprint density at radius 1 is 1.47 bits per heavy atom. The molecule has 0 radical (unpaired) electrons. The van der Waals surface area contributed by atoms with Gasteiger partial charge in [0.1, 0.15) is 0 Å². The number of thiol groups is 1. The Balaban J connectivity index is 2.47. The molecule has 0 amide bonds. The van der Waals surface area contributed by atoms with E-state index in [2.05, 4.69) is 28.6 Å². The molecule has 1 rings (SSSR count). The maximum Gasteiger partial charge on any atom is 0.0635 e. The van der Waals surface area contributed by atoms with Crippen LogP contribution >= 0.6 is 12.6 Å². The summed E-state index contributed by atoms with van der Waals surface area (Å²) in [6.45, 7) is 2.54. The van der Waals surface area contributed by atoms with E-state index < -0.39 is 0 Å². The minimum atomic E-state index is 0.564. The van der Waals surface area contributed by atoms with Gasteiger partial charge in [-0.05, 0) is 11.6 Å². The van der Waals surface area contributed by atoms with Gasteiger partial charge in [-0.25, -0.2) is 0 Å². The van der Waals surface area contributed by atoms with Gasteiger partial charge in [-0.3, -0.25) is 9.88 Å². The van der Waals surface area contributed by atoms with Crippen LogP contribution in [0.5, 0.6) is 0 Å². The summed E-state index contributed by atoms with van der Waals surface area (Å²) in [5, 5.41) is 8.54. The number of rotatable bonds is 6. The van der Waals surface area contributed by atoms with Gasteiger partial charge in [0.05, 0.1) is 6.07 Å². The van der Waals surface area contributed by atoms with E-state index >= 15 is 0 Å². The van der Waals surface area contributed by atoms with E-state index in [0.29, 0.717) is 6.42 Å². The lowest BCUT2D eigenvalue weighted by Crippen LogP contribution is -2.26. The zero-order valence-corrected chi connectivity index (χ0v) is 9.53. The lowest BCUT2D eigenvalue weighted by molar-refractivity contribution is 0.289. The third-order valence-electron chi connectivity index (χ3n) is 2.09. The number of nitrogens with zero attached hydrogens (tertiary/aromatic N) is 3. The molecule has 0 aliphatic carbocycles. The Labute approximate surface area is 96.1 Å². The molecule has 0 bridgehead atoms. The van der Waals surface area contributed by atoms with Gasteiger partial charge >= 0.3 is 0 Å². The summed E-state index contributed by atoms with van der Waals surface area (Å²) < 4.78 is 0. The van der Waals surface area contributed by atoms with Gasteiger partial charge in [0.25, 0.3) is 0 Å². The number of pyridine rings is 1. The summed E-state index contributed by atoms with van der Waals surface area (Å²) in [7, 11) is 0. The van der Waals surface area contributed by atoms with E-state index in [0.717, 1.165) is 25.4 Å². The quantitative estimate of drug-likeness (QED) is 0.744. The highest BCUT2D eigenvalue weighted by atomic mass is 32.1. The van der Waals surface area contributed by atoms with Crippen LogP contribution < -0.4 is 0 Å². The van der Waals surface area contributed by atoms with Gasteiger partial charge in [0, 0.05) is 44.2 Å². The molecule has 1 aromatic rings. The molecule has 4 heteroatoms. The molecule has 0 N–H and O–H groups in total. The average molecular weight is 221 g/mol. The van der Waals surface area contributed by atoms with Crippen LogP contribution in [0.2, 0.25) is 0 Å². The third-order valence-corrected chi connectivity index (χ3v) is 2.29. The fourth-order valence-corrected chi connectivity index (χ4v) is 1.65. The van der Waals surface area contributed by atoms with Crippen LogP contribution in [0.25, 0.3) is 0 Å². The highest BCUT2D eigenvalue weighted by Gasteiger charge is 2.04. The molecule has 3 nitrogen and oxygen atoms in total. The summed E-state index contributed by atoms with van der Waals surface area (Å²) in [6, 6.07) is 6.14. The van der Waals surface area contributed by atoms with Crippen LogP contribution in [0.3, 0.4) is 0 Å². The summed E-state index contributed by atoms with van der Waals surface area (Å²) in [5.41, 5.74) is 1.18. The number of hydrogen-bond acceptors (Lipinski definition) is 4. The van der Waals surface area contributed by atoms with E-state index in [1.165, 1.54) is 5.56 Å². The summed E-state index contributed by atoms with van der Waals surface area (Å²) in [6.07, 6.45) is 4.19. The van der Waals surface area contributed by atoms with Crippen molar-refractivity contribution in [3.63, 3.8) is 0 Å². The minimum absolute atomic E-state index is 0.564. The van der Waals surface area contributed by atoms with Crippen molar-refractivity contribution in [2.24, 2.45) is 0 Å². The first kappa shape index (κ1) is 12.0. The molecule has 1 heterocycles. The zero-order chi connectivity index (χ0) is 10.9. The monoisotopic (exact) mass is 221 g/mol. The summed E-state index contributed by atoms with van der Waals surface area (Å²) in [4.78, 5) is 6.28. The van der Waals surface area contributed by atoms with Crippen molar-refractivity contribution in [1.82, 2.24) is 9.88 Å². The van der Waals surface area contributed by atoms with Crippen LogP contribution in [0.4, 0.5) is 0 Å². The first-order chi connectivity index (χ1) is 7.36.